The van der Waals surface area contributed by atoms with Gasteiger partial charge in [0.25, 0.3) is 0 Å². The second-order valence-electron chi connectivity index (χ2n) is 13.0. The Balaban J connectivity index is 0.000000291. The Morgan fingerprint density at radius 1 is 0.531 bits per heavy atom. The fourth-order valence-corrected chi connectivity index (χ4v) is 6.13. The van der Waals surface area contributed by atoms with Gasteiger partial charge in [-0.3, -0.25) is 9.97 Å². The molecule has 0 radical (unpaired) electrons. The third kappa shape index (κ3) is 11.1. The molecule has 4 aromatic heterocycles. The van der Waals surface area contributed by atoms with Gasteiger partial charge >= 0.3 is 16.5 Å². The predicted octanol–water partition coefficient (Wildman–Crippen LogP) is 10.1. The second-order valence-corrected chi connectivity index (χ2v) is 13.0. The van der Waals surface area contributed by atoms with Gasteiger partial charge in [-0.05, 0) is 117 Å². The van der Waals surface area contributed by atoms with Crippen LogP contribution >= 0.6 is 0 Å². The second kappa shape index (κ2) is 19.1. The minimum atomic E-state index is -0.268. The van der Waals surface area contributed by atoms with Crippen LogP contribution in [0.25, 0.3) is 22.5 Å². The quantitative estimate of drug-likeness (QED) is 0.172. The van der Waals surface area contributed by atoms with E-state index >= 15 is 0 Å². The summed E-state index contributed by atoms with van der Waals surface area (Å²) in [6.07, 6.45) is 9.56. The minimum Gasteiger partial charge on any atom is -0.660 e. The zero-order valence-corrected chi connectivity index (χ0v) is 31.2. The number of aryl methyl sites for hydroxylation is 6. The van der Waals surface area contributed by atoms with Gasteiger partial charge in [-0.2, -0.15) is 11.4 Å². The number of rotatable bonds is 4. The number of hydrogen-bond acceptors (Lipinski definition) is 3. The number of nitrogens with zero attached hydrogens (tertiary/aromatic N) is 4. The molecule has 6 aromatic rings. The molecule has 0 atom stereocenters. The summed E-state index contributed by atoms with van der Waals surface area (Å²) in [7, 11) is 0. The Morgan fingerprint density at radius 2 is 0.878 bits per heavy atom. The van der Waals surface area contributed by atoms with Gasteiger partial charge in [-0.1, -0.05) is 85.6 Å². The normalized spacial score (nSPS) is 11.9. The first-order chi connectivity index (χ1) is 23.1. The van der Waals surface area contributed by atoms with E-state index in [1.165, 1.54) is 57.3 Å². The number of hydrogen-bond donors (Lipinski definition) is 0. The summed E-state index contributed by atoms with van der Waals surface area (Å²) in [5.41, 5.74) is 14.1. The van der Waals surface area contributed by atoms with Gasteiger partial charge in [0.15, 0.2) is 0 Å². The summed E-state index contributed by atoms with van der Waals surface area (Å²) in [5, 5.41) is 0. The first kappa shape index (κ1) is 39.2. The van der Waals surface area contributed by atoms with Crippen molar-refractivity contribution in [2.45, 2.75) is 73.6 Å². The maximum absolute atomic E-state index is 5.07. The number of benzene rings is 2. The van der Waals surface area contributed by atoms with Crippen LogP contribution in [0.1, 0.15) is 71.5 Å². The van der Waals surface area contributed by atoms with E-state index in [4.69, 9.17) is 14.7 Å². The topological polar surface area (TPSA) is 63.2 Å². The van der Waals surface area contributed by atoms with Crippen molar-refractivity contribution in [3.05, 3.63) is 154 Å². The van der Waals surface area contributed by atoms with E-state index in [2.05, 4.69) is 114 Å². The van der Waals surface area contributed by atoms with Crippen LogP contribution in [0, 0.1) is 41.5 Å². The van der Waals surface area contributed by atoms with Crippen LogP contribution in [0.2, 0.25) is 0 Å². The summed E-state index contributed by atoms with van der Waals surface area (Å²) < 4.78 is 4.94. The molecule has 0 unspecified atom stereocenters. The molecule has 1 saturated heterocycles. The molecule has 49 heavy (non-hydrogen) atoms. The molecule has 1 aliphatic heterocycles. The van der Waals surface area contributed by atoms with E-state index in [1.807, 2.05) is 36.4 Å². The summed E-state index contributed by atoms with van der Waals surface area (Å²) in [6.45, 7) is 19.4. The van der Waals surface area contributed by atoms with Crippen LogP contribution in [0.15, 0.2) is 110 Å². The van der Waals surface area contributed by atoms with Crippen LogP contribution in [0.5, 0.6) is 0 Å². The van der Waals surface area contributed by atoms with Gasteiger partial charge in [0.2, 0.25) is 0 Å². The van der Waals surface area contributed by atoms with Gasteiger partial charge in [-0.15, -0.1) is 11.4 Å². The van der Waals surface area contributed by atoms with Crippen molar-refractivity contribution in [1.82, 2.24) is 19.9 Å². The molecular formula is C43H50N4NiO. The Morgan fingerprint density at radius 3 is 1.12 bits per heavy atom. The smallest absolute Gasteiger partial charge is 0.660 e. The molecule has 5 heterocycles. The first-order valence-corrected chi connectivity index (χ1v) is 16.8. The zero-order chi connectivity index (χ0) is 34.5. The summed E-state index contributed by atoms with van der Waals surface area (Å²) in [5.74, 6) is 0. The van der Waals surface area contributed by atoms with E-state index in [9.17, 15) is 0 Å². The fourth-order valence-electron chi connectivity index (χ4n) is 6.13. The van der Waals surface area contributed by atoms with Crippen LogP contribution in [0.3, 0.4) is 0 Å². The van der Waals surface area contributed by atoms with Crippen molar-refractivity contribution in [2.24, 2.45) is 0 Å². The molecule has 5 nitrogen and oxygen atoms in total. The molecule has 1 aliphatic rings. The van der Waals surface area contributed by atoms with Gasteiger partial charge in [-0.25, -0.2) is 0 Å². The monoisotopic (exact) mass is 696 g/mol. The first-order valence-electron chi connectivity index (χ1n) is 16.8. The van der Waals surface area contributed by atoms with Crippen LogP contribution in [0.4, 0.5) is 0 Å². The Bertz CT molecular complexity index is 1600. The number of ether oxygens (including phenoxy) is 1. The average molecular weight is 698 g/mol. The fraction of sp³-hybridized carbons (Fsp3) is 0.302. The van der Waals surface area contributed by atoms with Gasteiger partial charge in [0.1, 0.15) is 0 Å². The van der Waals surface area contributed by atoms with Gasteiger partial charge in [0, 0.05) is 38.0 Å². The molecule has 0 spiro atoms. The maximum Gasteiger partial charge on any atom is 2.00 e. The Labute approximate surface area is 303 Å². The zero-order valence-electron chi connectivity index (χ0n) is 30.2. The van der Waals surface area contributed by atoms with E-state index in [0.717, 1.165) is 36.0 Å². The van der Waals surface area contributed by atoms with Crippen molar-refractivity contribution in [2.75, 3.05) is 13.2 Å². The summed E-state index contributed by atoms with van der Waals surface area (Å²) in [6, 6.07) is 29.0. The Kier molecular flexibility index (Phi) is 15.3. The summed E-state index contributed by atoms with van der Waals surface area (Å²) >= 11 is 0. The standard InChI is InChI=1S/C29H32N2.2C5H5N.C4H8O.Ni/c1-17-13-19(3)27(20(4)14-17)23-9-11-25(30-23)29(7,8)26-12-10-24(31-26)28-21(5)15-18(2)16-22(28)6;2*1-2-4-6-5-3-1;1-2-4-5-3-1;/h9-16H,1-8H3;2*1-5H;1-4H2;/q-2;;;;+2. The van der Waals surface area contributed by atoms with Crippen molar-refractivity contribution < 1.29 is 21.2 Å². The molecule has 0 amide bonds. The minimum absolute atomic E-state index is 0. The van der Waals surface area contributed by atoms with E-state index in [0.29, 0.717) is 0 Å². The molecule has 0 bridgehead atoms. The molecule has 258 valence electrons. The molecule has 7 rings (SSSR count). The third-order valence-electron chi connectivity index (χ3n) is 8.39. The third-order valence-corrected chi connectivity index (χ3v) is 8.39. The largest absolute Gasteiger partial charge is 2.00 e. The van der Waals surface area contributed by atoms with Gasteiger partial charge in [0.05, 0.1) is 0 Å². The van der Waals surface area contributed by atoms with Crippen molar-refractivity contribution in [1.29, 1.82) is 0 Å². The van der Waals surface area contributed by atoms with E-state index in [1.54, 1.807) is 24.8 Å². The SMILES string of the molecule is C1CCOC1.Cc1cc(C)c(-c2ccc(C(C)(C)c3ccc(-c4c(C)cc(C)cc4C)[n-]3)[n-]2)c(C)c1.[Ni+2].c1ccncc1.c1ccncc1. The molecule has 0 saturated carbocycles. The molecule has 2 aromatic carbocycles. The maximum atomic E-state index is 5.07. The average Bonchev–Trinajstić information content (AvgIpc) is 3.88. The van der Waals surface area contributed by atoms with E-state index in [-0.39, 0.29) is 21.9 Å². The van der Waals surface area contributed by atoms with Crippen LogP contribution in [-0.4, -0.2) is 23.2 Å². The van der Waals surface area contributed by atoms with Crippen molar-refractivity contribution in [3.63, 3.8) is 0 Å². The van der Waals surface area contributed by atoms with Gasteiger partial charge < -0.3 is 14.7 Å². The van der Waals surface area contributed by atoms with Crippen LogP contribution < -0.4 is 9.97 Å². The van der Waals surface area contributed by atoms with Crippen LogP contribution in [-0.2, 0) is 26.6 Å². The number of aromatic nitrogens is 4. The molecule has 6 heteroatoms. The molecular weight excluding hydrogens is 647 g/mol. The molecule has 1 fully saturated rings. The predicted molar refractivity (Wildman–Crippen MR) is 199 cm³/mol. The molecule has 0 N–H and O–H groups in total. The molecule has 0 aliphatic carbocycles. The van der Waals surface area contributed by atoms with Crippen molar-refractivity contribution >= 4 is 0 Å². The summed E-state index contributed by atoms with van der Waals surface area (Å²) in [4.78, 5) is 17.7. The van der Waals surface area contributed by atoms with E-state index < -0.39 is 0 Å². The number of pyridine rings is 2. The Hall–Kier alpha value is -4.25. The van der Waals surface area contributed by atoms with Crippen molar-refractivity contribution in [3.8, 4) is 22.5 Å².